The Balaban J connectivity index is 1.55. The molecule has 23 heavy (non-hydrogen) atoms. The van der Waals surface area contributed by atoms with Crippen LogP contribution in [0.1, 0.15) is 43.8 Å². The molecule has 6 nitrogen and oxygen atoms in total. The molecule has 8 heteroatoms. The van der Waals surface area contributed by atoms with Gasteiger partial charge < -0.3 is 10.2 Å². The van der Waals surface area contributed by atoms with Crippen LogP contribution in [-0.4, -0.2) is 47.4 Å². The first-order valence-electron chi connectivity index (χ1n) is 8.31. The van der Waals surface area contributed by atoms with Gasteiger partial charge in [-0.3, -0.25) is 4.68 Å². The van der Waals surface area contributed by atoms with Gasteiger partial charge >= 0.3 is 0 Å². The van der Waals surface area contributed by atoms with Gasteiger partial charge in [0.2, 0.25) is 0 Å². The van der Waals surface area contributed by atoms with Gasteiger partial charge in [-0.25, -0.2) is 8.78 Å². The van der Waals surface area contributed by atoms with Crippen molar-refractivity contribution in [3.63, 3.8) is 0 Å². The van der Waals surface area contributed by atoms with Crippen LogP contribution in [0.15, 0.2) is 11.4 Å². The zero-order chi connectivity index (χ0) is 16.2. The second-order valence-corrected chi connectivity index (χ2v) is 6.50. The summed E-state index contributed by atoms with van der Waals surface area (Å²) in [5.41, 5.74) is -0.741. The predicted molar refractivity (Wildman–Crippen MR) is 82.9 cm³/mol. The number of alkyl halides is 2. The van der Waals surface area contributed by atoms with Gasteiger partial charge in [0.05, 0.1) is 12.2 Å². The third kappa shape index (κ3) is 3.92. The van der Waals surface area contributed by atoms with Crippen LogP contribution < -0.4 is 5.32 Å². The van der Waals surface area contributed by atoms with Gasteiger partial charge in [-0.05, 0) is 49.9 Å². The van der Waals surface area contributed by atoms with Gasteiger partial charge in [-0.15, -0.1) is 4.91 Å². The lowest BCUT2D eigenvalue weighted by Crippen LogP contribution is -2.40. The van der Waals surface area contributed by atoms with Crippen molar-refractivity contribution in [2.75, 3.05) is 32.7 Å². The van der Waals surface area contributed by atoms with E-state index in [1.165, 1.54) is 23.7 Å². The standard InChI is InChI=1S/C15H23F2N5O/c16-15(17)14-13(20-23)10-22(19-14)12-3-7-21(8-4-12)9-11-1-5-18-6-2-11/h10-12,15,18H,1-9H2. The van der Waals surface area contributed by atoms with Crippen molar-refractivity contribution in [2.24, 2.45) is 11.1 Å². The fourth-order valence-electron chi connectivity index (χ4n) is 3.60. The highest BCUT2D eigenvalue weighted by molar-refractivity contribution is 5.40. The van der Waals surface area contributed by atoms with Gasteiger partial charge in [0, 0.05) is 19.6 Å². The molecule has 1 aromatic rings. The van der Waals surface area contributed by atoms with Crippen LogP contribution in [0, 0.1) is 10.8 Å². The topological polar surface area (TPSA) is 62.5 Å². The number of likely N-dealkylation sites (tertiary alicyclic amines) is 1. The molecule has 3 heterocycles. The van der Waals surface area contributed by atoms with Crippen LogP contribution in [0.4, 0.5) is 14.5 Å². The summed E-state index contributed by atoms with van der Waals surface area (Å²) >= 11 is 0. The molecular weight excluding hydrogens is 304 g/mol. The van der Waals surface area contributed by atoms with Crippen LogP contribution in [0.3, 0.4) is 0 Å². The molecular formula is C15H23F2N5O. The molecule has 1 N–H and O–H groups in total. The van der Waals surface area contributed by atoms with Crippen molar-refractivity contribution < 1.29 is 8.78 Å². The summed E-state index contributed by atoms with van der Waals surface area (Å²) in [5.74, 6) is 0.758. The Morgan fingerprint density at radius 3 is 2.52 bits per heavy atom. The lowest BCUT2D eigenvalue weighted by Gasteiger charge is -2.35. The van der Waals surface area contributed by atoms with Gasteiger partial charge in [-0.1, -0.05) is 0 Å². The van der Waals surface area contributed by atoms with Crippen molar-refractivity contribution in [1.29, 1.82) is 0 Å². The maximum absolute atomic E-state index is 12.8. The van der Waals surface area contributed by atoms with Gasteiger partial charge in [0.25, 0.3) is 6.43 Å². The molecule has 2 aliphatic rings. The molecule has 2 saturated heterocycles. The number of hydrogen-bond donors (Lipinski definition) is 1. The SMILES string of the molecule is O=Nc1cn(C2CCN(CC3CCNCC3)CC2)nc1C(F)F. The maximum Gasteiger partial charge on any atom is 0.284 e. The normalized spacial score (nSPS) is 21.9. The lowest BCUT2D eigenvalue weighted by molar-refractivity contribution is 0.136. The molecule has 0 bridgehead atoms. The average Bonchev–Trinajstić information content (AvgIpc) is 3.01. The number of nitrogens with zero attached hydrogens (tertiary/aromatic N) is 4. The fourth-order valence-corrected chi connectivity index (χ4v) is 3.60. The molecule has 0 saturated carbocycles. The Kier molecular flexibility index (Phi) is 5.32. The van der Waals surface area contributed by atoms with E-state index in [0.29, 0.717) is 0 Å². The zero-order valence-corrected chi connectivity index (χ0v) is 13.1. The minimum Gasteiger partial charge on any atom is -0.317 e. The molecule has 0 atom stereocenters. The van der Waals surface area contributed by atoms with Crippen molar-refractivity contribution in [2.45, 2.75) is 38.2 Å². The highest BCUT2D eigenvalue weighted by Crippen LogP contribution is 2.31. The number of rotatable bonds is 5. The van der Waals surface area contributed by atoms with E-state index in [2.05, 4.69) is 20.5 Å². The first-order valence-corrected chi connectivity index (χ1v) is 8.31. The second kappa shape index (κ2) is 7.44. The van der Waals surface area contributed by atoms with Crippen molar-refractivity contribution in [3.05, 3.63) is 16.8 Å². The minimum atomic E-state index is -2.76. The van der Waals surface area contributed by atoms with Crippen LogP contribution >= 0.6 is 0 Å². The Morgan fingerprint density at radius 2 is 1.96 bits per heavy atom. The summed E-state index contributed by atoms with van der Waals surface area (Å²) in [6.07, 6.45) is 2.79. The molecule has 3 rings (SSSR count). The first-order chi connectivity index (χ1) is 11.2. The molecule has 2 aliphatic heterocycles. The number of nitroso groups, excluding NO2 is 1. The highest BCUT2D eigenvalue weighted by Gasteiger charge is 2.26. The van der Waals surface area contributed by atoms with Gasteiger partial charge in [0.15, 0.2) is 11.4 Å². The van der Waals surface area contributed by atoms with Crippen molar-refractivity contribution >= 4 is 5.69 Å². The van der Waals surface area contributed by atoms with Crippen molar-refractivity contribution in [3.8, 4) is 0 Å². The molecule has 0 radical (unpaired) electrons. The molecule has 128 valence electrons. The summed E-state index contributed by atoms with van der Waals surface area (Å²) < 4.78 is 27.2. The third-order valence-electron chi connectivity index (χ3n) is 4.95. The molecule has 0 spiro atoms. The number of halogens is 2. The third-order valence-corrected chi connectivity index (χ3v) is 4.95. The Hall–Kier alpha value is -1.41. The lowest BCUT2D eigenvalue weighted by atomic mass is 9.96. The van der Waals surface area contributed by atoms with Crippen LogP contribution in [0.2, 0.25) is 0 Å². The average molecular weight is 327 g/mol. The smallest absolute Gasteiger partial charge is 0.284 e. The second-order valence-electron chi connectivity index (χ2n) is 6.50. The Bertz CT molecular complexity index is 522. The summed E-state index contributed by atoms with van der Waals surface area (Å²) in [7, 11) is 0. The molecule has 0 aromatic carbocycles. The molecule has 1 aromatic heterocycles. The van der Waals surface area contributed by atoms with Crippen molar-refractivity contribution in [1.82, 2.24) is 20.0 Å². The van der Waals surface area contributed by atoms with Crippen LogP contribution in [-0.2, 0) is 0 Å². The maximum atomic E-state index is 12.8. The minimum absolute atomic E-state index is 0.0762. The number of piperidine rings is 2. The molecule has 0 aliphatic carbocycles. The first kappa shape index (κ1) is 16.4. The summed E-state index contributed by atoms with van der Waals surface area (Å²) in [6.45, 7) is 5.22. The van der Waals surface area contributed by atoms with E-state index in [1.807, 2.05) is 0 Å². The van der Waals surface area contributed by atoms with Crippen LogP contribution in [0.25, 0.3) is 0 Å². The zero-order valence-electron chi connectivity index (χ0n) is 13.1. The number of nitrogens with one attached hydrogen (secondary N) is 1. The van der Waals surface area contributed by atoms with Gasteiger partial charge in [-0.2, -0.15) is 5.10 Å². The number of hydrogen-bond acceptors (Lipinski definition) is 5. The Labute approximate surface area is 134 Å². The Morgan fingerprint density at radius 1 is 1.26 bits per heavy atom. The van der Waals surface area contributed by atoms with E-state index in [-0.39, 0.29) is 11.7 Å². The highest BCUT2D eigenvalue weighted by atomic mass is 19.3. The van der Waals surface area contributed by atoms with E-state index in [4.69, 9.17) is 0 Å². The van der Waals surface area contributed by atoms with Crippen LogP contribution in [0.5, 0.6) is 0 Å². The predicted octanol–water partition coefficient (Wildman–Crippen LogP) is 2.86. The summed E-state index contributed by atoms with van der Waals surface area (Å²) in [6, 6.07) is 0.0762. The van der Waals surface area contributed by atoms with E-state index in [1.54, 1.807) is 0 Å². The fraction of sp³-hybridized carbons (Fsp3) is 0.800. The largest absolute Gasteiger partial charge is 0.317 e. The van der Waals surface area contributed by atoms with E-state index in [9.17, 15) is 13.7 Å². The number of aromatic nitrogens is 2. The molecule has 0 unspecified atom stereocenters. The van der Waals surface area contributed by atoms with E-state index in [0.717, 1.165) is 51.5 Å². The molecule has 0 amide bonds. The quantitative estimate of drug-likeness (QED) is 0.845. The van der Waals surface area contributed by atoms with E-state index >= 15 is 0 Å². The molecule has 2 fully saturated rings. The summed E-state index contributed by atoms with van der Waals surface area (Å²) in [5, 5.41) is 9.94. The van der Waals surface area contributed by atoms with E-state index < -0.39 is 12.1 Å². The summed E-state index contributed by atoms with van der Waals surface area (Å²) in [4.78, 5) is 13.1. The van der Waals surface area contributed by atoms with Gasteiger partial charge in [0.1, 0.15) is 0 Å². The monoisotopic (exact) mass is 327 g/mol.